The van der Waals surface area contributed by atoms with Gasteiger partial charge in [-0.25, -0.2) is 0 Å². The van der Waals surface area contributed by atoms with Gasteiger partial charge in [0.1, 0.15) is 11.5 Å². The van der Waals surface area contributed by atoms with E-state index >= 15 is 0 Å². The van der Waals surface area contributed by atoms with Crippen LogP contribution in [0.15, 0.2) is 72.8 Å². The van der Waals surface area contributed by atoms with Crippen LogP contribution in [0.2, 0.25) is 0 Å². The zero-order chi connectivity index (χ0) is 20.1. The molecule has 4 rings (SSSR count). The molecule has 0 fully saturated rings. The number of hydrogen-bond donors (Lipinski definition) is 0. The van der Waals surface area contributed by atoms with Crippen molar-refractivity contribution in [1.82, 2.24) is 0 Å². The number of unbranched alkanes of at least 4 members (excludes halogenated alkanes) is 1. The molecular weight excluding hydrogens is 360 g/mol. The van der Waals surface area contributed by atoms with E-state index in [1.807, 2.05) is 6.07 Å². The van der Waals surface area contributed by atoms with Gasteiger partial charge in [0.05, 0.1) is 6.61 Å². The van der Waals surface area contributed by atoms with Crippen LogP contribution in [0.1, 0.15) is 19.8 Å². The van der Waals surface area contributed by atoms with Gasteiger partial charge >= 0.3 is 0 Å². The van der Waals surface area contributed by atoms with Crippen LogP contribution < -0.4 is 9.47 Å². The normalized spacial score (nSPS) is 11.1. The fourth-order valence-corrected chi connectivity index (χ4v) is 3.71. The molecule has 3 heteroatoms. The Balaban J connectivity index is 2.02. The van der Waals surface area contributed by atoms with Gasteiger partial charge in [-0.05, 0) is 40.1 Å². The molecule has 0 unspecified atom stereocenters. The SMILES string of the molecule is CCCCOc1ccc2ccccc2c1-c1c(OCOC)ccc2ccccc12. The van der Waals surface area contributed by atoms with Gasteiger partial charge in [-0.2, -0.15) is 0 Å². The van der Waals surface area contributed by atoms with Gasteiger partial charge in [0.15, 0.2) is 6.79 Å². The molecule has 4 aromatic rings. The van der Waals surface area contributed by atoms with Crippen LogP contribution in [0.5, 0.6) is 11.5 Å². The fraction of sp³-hybridized carbons (Fsp3) is 0.231. The van der Waals surface area contributed by atoms with E-state index in [9.17, 15) is 0 Å². The van der Waals surface area contributed by atoms with Gasteiger partial charge in [-0.3, -0.25) is 0 Å². The second-order valence-corrected chi connectivity index (χ2v) is 7.07. The lowest BCUT2D eigenvalue weighted by Gasteiger charge is -2.19. The first-order valence-corrected chi connectivity index (χ1v) is 10.1. The van der Waals surface area contributed by atoms with Gasteiger partial charge in [0, 0.05) is 18.2 Å². The van der Waals surface area contributed by atoms with Crippen LogP contribution in [0.4, 0.5) is 0 Å². The van der Waals surface area contributed by atoms with Gasteiger partial charge in [0.25, 0.3) is 0 Å². The Bertz CT molecular complexity index is 1120. The van der Waals surface area contributed by atoms with Crippen molar-refractivity contribution < 1.29 is 14.2 Å². The van der Waals surface area contributed by atoms with E-state index in [0.717, 1.165) is 46.2 Å². The summed E-state index contributed by atoms with van der Waals surface area (Å²) in [6.45, 7) is 3.06. The largest absolute Gasteiger partial charge is 0.493 e. The zero-order valence-corrected chi connectivity index (χ0v) is 17.0. The van der Waals surface area contributed by atoms with Gasteiger partial charge in [-0.1, -0.05) is 74.0 Å². The molecular formula is C26H26O3. The van der Waals surface area contributed by atoms with Crippen LogP contribution in [-0.2, 0) is 4.74 Å². The summed E-state index contributed by atoms with van der Waals surface area (Å²) in [6.07, 6.45) is 2.12. The molecule has 0 amide bonds. The van der Waals surface area contributed by atoms with Gasteiger partial charge in [0.2, 0.25) is 0 Å². The molecule has 0 radical (unpaired) electrons. The molecule has 29 heavy (non-hydrogen) atoms. The third-order valence-electron chi connectivity index (χ3n) is 5.12. The predicted molar refractivity (Wildman–Crippen MR) is 120 cm³/mol. The number of ether oxygens (including phenoxy) is 3. The lowest BCUT2D eigenvalue weighted by molar-refractivity contribution is 0.0516. The minimum absolute atomic E-state index is 0.197. The molecule has 0 aliphatic heterocycles. The lowest BCUT2D eigenvalue weighted by Crippen LogP contribution is -2.03. The fourth-order valence-electron chi connectivity index (χ4n) is 3.71. The van der Waals surface area contributed by atoms with E-state index in [1.54, 1.807) is 7.11 Å². The first-order valence-electron chi connectivity index (χ1n) is 10.1. The topological polar surface area (TPSA) is 27.7 Å². The summed E-state index contributed by atoms with van der Waals surface area (Å²) in [7, 11) is 1.64. The van der Waals surface area contributed by atoms with Crippen molar-refractivity contribution in [3.8, 4) is 22.6 Å². The van der Waals surface area contributed by atoms with E-state index in [0.29, 0.717) is 6.61 Å². The average molecular weight is 386 g/mol. The van der Waals surface area contributed by atoms with E-state index in [-0.39, 0.29) is 6.79 Å². The second-order valence-electron chi connectivity index (χ2n) is 7.07. The third-order valence-corrected chi connectivity index (χ3v) is 5.12. The molecule has 0 aromatic heterocycles. The highest BCUT2D eigenvalue weighted by Crippen LogP contribution is 2.45. The van der Waals surface area contributed by atoms with Crippen LogP contribution in [0.3, 0.4) is 0 Å². The summed E-state index contributed by atoms with van der Waals surface area (Å²) in [5.74, 6) is 1.68. The number of benzene rings is 4. The van der Waals surface area contributed by atoms with Gasteiger partial charge < -0.3 is 14.2 Å². The summed E-state index contributed by atoms with van der Waals surface area (Å²) in [5.41, 5.74) is 2.12. The highest BCUT2D eigenvalue weighted by molar-refractivity contribution is 6.09. The Labute approximate surface area is 171 Å². The summed E-state index contributed by atoms with van der Waals surface area (Å²) in [6, 6.07) is 25.1. The molecule has 0 bridgehead atoms. The van der Waals surface area contributed by atoms with Crippen molar-refractivity contribution >= 4 is 21.5 Å². The first-order chi connectivity index (χ1) is 14.3. The monoisotopic (exact) mass is 386 g/mol. The maximum atomic E-state index is 6.26. The van der Waals surface area contributed by atoms with E-state index in [4.69, 9.17) is 14.2 Å². The highest BCUT2D eigenvalue weighted by atomic mass is 16.7. The molecule has 3 nitrogen and oxygen atoms in total. The van der Waals surface area contributed by atoms with Crippen molar-refractivity contribution in [1.29, 1.82) is 0 Å². The molecule has 0 aliphatic carbocycles. The summed E-state index contributed by atoms with van der Waals surface area (Å²) in [4.78, 5) is 0. The summed E-state index contributed by atoms with van der Waals surface area (Å²) in [5, 5.41) is 4.63. The quantitative estimate of drug-likeness (QED) is 0.246. The summed E-state index contributed by atoms with van der Waals surface area (Å²) < 4.78 is 17.5. The number of hydrogen-bond acceptors (Lipinski definition) is 3. The van der Waals surface area contributed by atoms with E-state index < -0.39 is 0 Å². The second kappa shape index (κ2) is 8.97. The standard InChI is InChI=1S/C26H26O3/c1-3-4-17-28-23-15-13-19-9-5-7-11-21(19)25(23)26-22-12-8-6-10-20(22)14-16-24(26)29-18-27-2/h5-16H,3-4,17-18H2,1-2H3. The van der Waals surface area contributed by atoms with Gasteiger partial charge in [-0.15, -0.1) is 0 Å². The van der Waals surface area contributed by atoms with Crippen molar-refractivity contribution in [3.63, 3.8) is 0 Å². The molecule has 0 heterocycles. The number of rotatable bonds is 8. The Kier molecular flexibility index (Phi) is 5.97. The van der Waals surface area contributed by atoms with Crippen LogP contribution in [0, 0.1) is 0 Å². The Morgan fingerprint density at radius 1 is 0.655 bits per heavy atom. The van der Waals surface area contributed by atoms with Crippen molar-refractivity contribution in [2.24, 2.45) is 0 Å². The number of fused-ring (bicyclic) bond motifs is 2. The molecule has 0 saturated heterocycles. The van der Waals surface area contributed by atoms with Crippen molar-refractivity contribution in [2.45, 2.75) is 19.8 Å². The lowest BCUT2D eigenvalue weighted by atomic mass is 9.92. The van der Waals surface area contributed by atoms with E-state index in [2.05, 4.69) is 73.7 Å². The maximum absolute atomic E-state index is 6.26. The molecule has 0 atom stereocenters. The predicted octanol–water partition coefficient (Wildman–Crippen LogP) is 6.82. The van der Waals surface area contributed by atoms with Crippen LogP contribution in [0.25, 0.3) is 32.7 Å². The third kappa shape index (κ3) is 3.92. The molecule has 0 aliphatic rings. The van der Waals surface area contributed by atoms with Crippen LogP contribution in [-0.4, -0.2) is 20.5 Å². The van der Waals surface area contributed by atoms with Crippen LogP contribution >= 0.6 is 0 Å². The minimum atomic E-state index is 0.197. The van der Waals surface area contributed by atoms with E-state index in [1.165, 1.54) is 10.8 Å². The highest BCUT2D eigenvalue weighted by Gasteiger charge is 2.19. The summed E-state index contributed by atoms with van der Waals surface area (Å²) >= 11 is 0. The molecule has 0 N–H and O–H groups in total. The smallest absolute Gasteiger partial charge is 0.188 e. The molecule has 148 valence electrons. The number of methoxy groups -OCH3 is 1. The Morgan fingerprint density at radius 3 is 1.76 bits per heavy atom. The maximum Gasteiger partial charge on any atom is 0.188 e. The minimum Gasteiger partial charge on any atom is -0.493 e. The first kappa shape index (κ1) is 19.3. The molecule has 4 aromatic carbocycles. The molecule has 0 spiro atoms. The average Bonchev–Trinajstić information content (AvgIpc) is 2.77. The molecule has 0 saturated carbocycles. The zero-order valence-electron chi connectivity index (χ0n) is 17.0. The van der Waals surface area contributed by atoms with Crippen molar-refractivity contribution in [2.75, 3.05) is 20.5 Å². The van der Waals surface area contributed by atoms with Crippen molar-refractivity contribution in [3.05, 3.63) is 72.8 Å². The Hall–Kier alpha value is -3.04. The Morgan fingerprint density at radius 2 is 1.21 bits per heavy atom.